The second-order valence-electron chi connectivity index (χ2n) is 5.08. The van der Waals surface area contributed by atoms with Gasteiger partial charge < -0.3 is 4.74 Å². The summed E-state index contributed by atoms with van der Waals surface area (Å²) in [4.78, 5) is 19.9. The molecule has 0 unspecified atom stereocenters. The topological polar surface area (TPSA) is 81.9 Å². The number of nitrogens with one attached hydrogen (secondary N) is 1. The molecule has 1 N–H and O–H groups in total. The summed E-state index contributed by atoms with van der Waals surface area (Å²) in [6, 6.07) is 0. The van der Waals surface area contributed by atoms with Crippen LogP contribution >= 0.6 is 27.5 Å². The van der Waals surface area contributed by atoms with Crippen molar-refractivity contribution in [1.29, 1.82) is 0 Å². The number of anilines is 1. The Kier molecular flexibility index (Phi) is 3.88. The van der Waals surface area contributed by atoms with E-state index in [0.29, 0.717) is 15.6 Å². The van der Waals surface area contributed by atoms with E-state index in [9.17, 15) is 4.79 Å². The van der Waals surface area contributed by atoms with E-state index in [1.807, 2.05) is 0 Å². The van der Waals surface area contributed by atoms with Crippen molar-refractivity contribution in [2.75, 3.05) is 5.32 Å². The first kappa shape index (κ1) is 15.0. The van der Waals surface area contributed by atoms with Crippen molar-refractivity contribution in [2.24, 2.45) is 7.05 Å². The van der Waals surface area contributed by atoms with Crippen molar-refractivity contribution in [3.8, 4) is 0 Å². The van der Waals surface area contributed by atoms with Crippen LogP contribution in [0.2, 0.25) is 5.28 Å². The monoisotopic (exact) mass is 361 g/mol. The molecule has 9 heteroatoms. The van der Waals surface area contributed by atoms with Gasteiger partial charge in [-0.3, -0.25) is 10.00 Å². The van der Waals surface area contributed by atoms with Crippen molar-refractivity contribution in [2.45, 2.75) is 26.4 Å². The molecule has 0 aromatic carbocycles. The number of rotatable bonds is 1. The molecule has 2 aromatic heterocycles. The molecule has 2 aromatic rings. The molecule has 0 aliphatic carbocycles. The van der Waals surface area contributed by atoms with Crippen LogP contribution in [0.15, 0.2) is 4.60 Å². The Morgan fingerprint density at radius 3 is 2.65 bits per heavy atom. The maximum Gasteiger partial charge on any atom is 0.413 e. The van der Waals surface area contributed by atoms with Crippen LogP contribution in [0.3, 0.4) is 0 Å². The van der Waals surface area contributed by atoms with Crippen molar-refractivity contribution in [1.82, 2.24) is 19.7 Å². The summed E-state index contributed by atoms with van der Waals surface area (Å²) < 4.78 is 7.25. The number of hydrogen-bond donors (Lipinski definition) is 1. The number of hydrogen-bond acceptors (Lipinski definition) is 5. The molecule has 0 spiro atoms. The van der Waals surface area contributed by atoms with Crippen LogP contribution in [0.25, 0.3) is 11.0 Å². The molecule has 20 heavy (non-hydrogen) atoms. The number of ether oxygens (including phenoxy) is 1. The lowest BCUT2D eigenvalue weighted by Gasteiger charge is -2.19. The van der Waals surface area contributed by atoms with Crippen LogP contribution in [0.5, 0.6) is 0 Å². The highest BCUT2D eigenvalue weighted by Gasteiger charge is 2.20. The standard InChI is InChI=1S/C11H13BrClN5O2/c1-11(2,3)20-10(19)16-8-6-5(14-9(13)15-8)7(12)17-18(6)4/h1-4H3,(H,14,15,16,19). The van der Waals surface area contributed by atoms with E-state index < -0.39 is 11.7 Å². The predicted molar refractivity (Wildman–Crippen MR) is 78.9 cm³/mol. The van der Waals surface area contributed by atoms with E-state index in [-0.39, 0.29) is 11.1 Å². The summed E-state index contributed by atoms with van der Waals surface area (Å²) in [6.45, 7) is 5.32. The first-order valence-corrected chi connectivity index (χ1v) is 6.90. The number of halogens is 2. The molecular weight excluding hydrogens is 350 g/mol. The zero-order valence-electron chi connectivity index (χ0n) is 11.4. The molecule has 0 saturated heterocycles. The molecule has 0 fully saturated rings. The lowest BCUT2D eigenvalue weighted by Crippen LogP contribution is -2.27. The van der Waals surface area contributed by atoms with Crippen LogP contribution < -0.4 is 5.32 Å². The van der Waals surface area contributed by atoms with Gasteiger partial charge in [0.05, 0.1) is 0 Å². The number of carbonyl (C=O) groups excluding carboxylic acids is 1. The first-order chi connectivity index (χ1) is 9.17. The van der Waals surface area contributed by atoms with Crippen molar-refractivity contribution in [3.63, 3.8) is 0 Å². The Hall–Kier alpha value is -1.41. The minimum absolute atomic E-state index is 0.0114. The minimum Gasteiger partial charge on any atom is -0.444 e. The Morgan fingerprint density at radius 2 is 2.05 bits per heavy atom. The van der Waals surface area contributed by atoms with Gasteiger partial charge in [0, 0.05) is 7.05 Å². The quantitative estimate of drug-likeness (QED) is 0.788. The van der Waals surface area contributed by atoms with Crippen molar-refractivity contribution < 1.29 is 9.53 Å². The molecule has 0 bridgehead atoms. The number of aryl methyl sites for hydroxylation is 1. The van der Waals surface area contributed by atoms with Gasteiger partial charge in [0.25, 0.3) is 0 Å². The smallest absolute Gasteiger partial charge is 0.413 e. The van der Waals surface area contributed by atoms with Crippen LogP contribution in [-0.4, -0.2) is 31.4 Å². The predicted octanol–water partition coefficient (Wildman–Crippen LogP) is 3.13. The van der Waals surface area contributed by atoms with Gasteiger partial charge in [-0.25, -0.2) is 9.78 Å². The van der Waals surface area contributed by atoms with E-state index in [2.05, 4.69) is 36.3 Å². The van der Waals surface area contributed by atoms with Crippen LogP contribution in [0, 0.1) is 0 Å². The lowest BCUT2D eigenvalue weighted by molar-refractivity contribution is 0.0635. The summed E-state index contributed by atoms with van der Waals surface area (Å²) >= 11 is 9.13. The Bertz CT molecular complexity index is 679. The highest BCUT2D eigenvalue weighted by molar-refractivity contribution is 9.10. The molecular formula is C11H13BrClN5O2. The van der Waals surface area contributed by atoms with Crippen LogP contribution in [-0.2, 0) is 11.8 Å². The average Bonchev–Trinajstić information content (AvgIpc) is 2.51. The fourth-order valence-corrected chi connectivity index (χ4v) is 2.28. The summed E-state index contributed by atoms with van der Waals surface area (Å²) in [6.07, 6.45) is -0.620. The summed E-state index contributed by atoms with van der Waals surface area (Å²) in [5, 5.41) is 6.72. The molecule has 0 aliphatic heterocycles. The van der Waals surface area contributed by atoms with Gasteiger partial charge in [0.1, 0.15) is 16.6 Å². The molecule has 0 radical (unpaired) electrons. The first-order valence-electron chi connectivity index (χ1n) is 5.73. The third-order valence-electron chi connectivity index (χ3n) is 2.23. The number of fused-ring (bicyclic) bond motifs is 1. The molecule has 0 saturated carbocycles. The van der Waals surface area contributed by atoms with Gasteiger partial charge in [0.2, 0.25) is 5.28 Å². The van der Waals surface area contributed by atoms with Gasteiger partial charge >= 0.3 is 6.09 Å². The van der Waals surface area contributed by atoms with Gasteiger partial charge in [-0.15, -0.1) is 0 Å². The Labute approximate surface area is 128 Å². The lowest BCUT2D eigenvalue weighted by atomic mass is 10.2. The summed E-state index contributed by atoms with van der Waals surface area (Å²) in [5.74, 6) is 0.245. The number of aromatic nitrogens is 4. The second kappa shape index (κ2) is 5.17. The van der Waals surface area contributed by atoms with Gasteiger partial charge in [-0.2, -0.15) is 10.1 Å². The van der Waals surface area contributed by atoms with E-state index in [0.717, 1.165) is 0 Å². The molecule has 0 atom stereocenters. The largest absolute Gasteiger partial charge is 0.444 e. The fourth-order valence-electron chi connectivity index (χ4n) is 1.59. The third kappa shape index (κ3) is 3.18. The highest BCUT2D eigenvalue weighted by Crippen LogP contribution is 2.27. The van der Waals surface area contributed by atoms with Gasteiger partial charge in [-0.1, -0.05) is 0 Å². The van der Waals surface area contributed by atoms with E-state index >= 15 is 0 Å². The molecule has 2 rings (SSSR count). The molecule has 0 aliphatic rings. The number of carbonyl (C=O) groups is 1. The number of nitrogens with zero attached hydrogens (tertiary/aromatic N) is 4. The molecule has 7 nitrogen and oxygen atoms in total. The van der Waals surface area contributed by atoms with Gasteiger partial charge in [-0.05, 0) is 48.3 Å². The maximum absolute atomic E-state index is 11.8. The zero-order chi connectivity index (χ0) is 15.1. The third-order valence-corrected chi connectivity index (χ3v) is 2.94. The highest BCUT2D eigenvalue weighted by atomic mass is 79.9. The van der Waals surface area contributed by atoms with Crippen LogP contribution in [0.4, 0.5) is 10.6 Å². The number of amides is 1. The van der Waals surface area contributed by atoms with Crippen LogP contribution in [0.1, 0.15) is 20.8 Å². The van der Waals surface area contributed by atoms with E-state index in [1.54, 1.807) is 32.5 Å². The van der Waals surface area contributed by atoms with Gasteiger partial charge in [0.15, 0.2) is 10.4 Å². The SMILES string of the molecule is Cn1nc(Br)c2nc(Cl)nc(NC(=O)OC(C)(C)C)c21. The normalized spacial score (nSPS) is 11.7. The van der Waals surface area contributed by atoms with Crippen molar-refractivity contribution >= 4 is 50.5 Å². The average molecular weight is 363 g/mol. The summed E-state index contributed by atoms with van der Waals surface area (Å²) in [5.41, 5.74) is 0.457. The minimum atomic E-state index is -0.620. The van der Waals surface area contributed by atoms with E-state index in [1.165, 1.54) is 0 Å². The second-order valence-corrected chi connectivity index (χ2v) is 6.17. The van der Waals surface area contributed by atoms with Crippen molar-refractivity contribution in [3.05, 3.63) is 9.89 Å². The fraction of sp³-hybridized carbons (Fsp3) is 0.455. The maximum atomic E-state index is 11.8. The molecule has 108 valence electrons. The zero-order valence-corrected chi connectivity index (χ0v) is 13.7. The van der Waals surface area contributed by atoms with E-state index in [4.69, 9.17) is 16.3 Å². The Morgan fingerprint density at radius 1 is 1.40 bits per heavy atom. The Balaban J connectivity index is 2.42. The molecule has 1 amide bonds. The summed E-state index contributed by atoms with van der Waals surface area (Å²) in [7, 11) is 1.71. The molecule has 2 heterocycles.